The summed E-state index contributed by atoms with van der Waals surface area (Å²) in [6.45, 7) is 0. The lowest BCUT2D eigenvalue weighted by Crippen LogP contribution is -2.10. The van der Waals surface area contributed by atoms with Crippen LogP contribution in [-0.2, 0) is 12.8 Å². The zero-order valence-corrected chi connectivity index (χ0v) is 11.4. The molecular formula is C12H13ClN4S. The molecular weight excluding hydrogens is 268 g/mol. The number of aryl methyl sites for hydroxylation is 1. The number of thioether (sulfide) groups is 1. The SMILES string of the molecule is Cn1ccnc1SCc1ccc(C(=N)N)cc1Cl. The van der Waals surface area contributed by atoms with Crippen LogP contribution in [0.1, 0.15) is 11.1 Å². The van der Waals surface area contributed by atoms with Crippen LogP contribution in [0.4, 0.5) is 0 Å². The molecule has 18 heavy (non-hydrogen) atoms. The highest BCUT2D eigenvalue weighted by molar-refractivity contribution is 7.98. The van der Waals surface area contributed by atoms with Gasteiger partial charge in [0.2, 0.25) is 0 Å². The molecule has 1 heterocycles. The summed E-state index contributed by atoms with van der Waals surface area (Å²) in [7, 11) is 1.95. The van der Waals surface area contributed by atoms with Crippen LogP contribution in [0.2, 0.25) is 5.02 Å². The third-order valence-electron chi connectivity index (χ3n) is 2.50. The van der Waals surface area contributed by atoms with Crippen LogP contribution in [0.25, 0.3) is 0 Å². The van der Waals surface area contributed by atoms with Crippen LogP contribution in [0.5, 0.6) is 0 Å². The number of nitrogens with two attached hydrogens (primary N) is 1. The van der Waals surface area contributed by atoms with Gasteiger partial charge in [0.1, 0.15) is 5.84 Å². The molecule has 0 aliphatic rings. The van der Waals surface area contributed by atoms with Crippen molar-refractivity contribution in [3.05, 3.63) is 46.7 Å². The van der Waals surface area contributed by atoms with E-state index in [4.69, 9.17) is 22.7 Å². The summed E-state index contributed by atoms with van der Waals surface area (Å²) in [5.74, 6) is 0.766. The summed E-state index contributed by atoms with van der Waals surface area (Å²) in [6.07, 6.45) is 3.67. The summed E-state index contributed by atoms with van der Waals surface area (Å²) < 4.78 is 1.96. The van der Waals surface area contributed by atoms with Crippen molar-refractivity contribution in [1.82, 2.24) is 9.55 Å². The number of imidazole rings is 1. The molecule has 0 saturated heterocycles. The maximum absolute atomic E-state index is 7.35. The van der Waals surface area contributed by atoms with E-state index < -0.39 is 0 Å². The van der Waals surface area contributed by atoms with Crippen molar-refractivity contribution in [2.24, 2.45) is 12.8 Å². The van der Waals surface area contributed by atoms with Crippen LogP contribution in [0, 0.1) is 5.41 Å². The summed E-state index contributed by atoms with van der Waals surface area (Å²) in [6, 6.07) is 5.43. The van der Waals surface area contributed by atoms with E-state index in [2.05, 4.69) is 4.98 Å². The third kappa shape index (κ3) is 2.86. The average Bonchev–Trinajstić information content (AvgIpc) is 2.73. The van der Waals surface area contributed by atoms with Crippen LogP contribution in [0.3, 0.4) is 0 Å². The summed E-state index contributed by atoms with van der Waals surface area (Å²) >= 11 is 7.78. The van der Waals surface area contributed by atoms with E-state index in [-0.39, 0.29) is 5.84 Å². The second-order valence-corrected chi connectivity index (χ2v) is 5.18. The highest BCUT2D eigenvalue weighted by Gasteiger charge is 2.06. The number of nitrogens with zero attached hydrogens (tertiary/aromatic N) is 2. The molecule has 0 fully saturated rings. The molecule has 0 spiro atoms. The summed E-state index contributed by atoms with van der Waals surface area (Å²) in [5, 5.41) is 8.92. The van der Waals surface area contributed by atoms with Crippen molar-refractivity contribution < 1.29 is 0 Å². The standard InChI is InChI=1S/C12H13ClN4S/c1-17-5-4-16-12(17)18-7-9-3-2-8(11(14)15)6-10(9)13/h2-6H,7H2,1H3,(H3,14,15). The van der Waals surface area contributed by atoms with Crippen molar-refractivity contribution in [2.75, 3.05) is 0 Å². The van der Waals surface area contributed by atoms with Gasteiger partial charge in [-0.05, 0) is 11.6 Å². The fourth-order valence-electron chi connectivity index (χ4n) is 1.47. The van der Waals surface area contributed by atoms with Gasteiger partial charge in [-0.15, -0.1) is 0 Å². The topological polar surface area (TPSA) is 67.7 Å². The molecule has 0 aliphatic carbocycles. The Balaban J connectivity index is 2.11. The number of hydrogen-bond donors (Lipinski definition) is 2. The Hall–Kier alpha value is -1.46. The molecule has 0 amide bonds. The van der Waals surface area contributed by atoms with E-state index in [9.17, 15) is 0 Å². The summed E-state index contributed by atoms with van der Waals surface area (Å²) in [5.41, 5.74) is 7.06. The molecule has 2 rings (SSSR count). The molecule has 3 N–H and O–H groups in total. The Kier molecular flexibility index (Phi) is 3.93. The first-order chi connectivity index (χ1) is 8.58. The number of amidine groups is 1. The first-order valence-electron chi connectivity index (χ1n) is 5.31. The second kappa shape index (κ2) is 5.46. The van der Waals surface area contributed by atoms with Gasteiger partial charge in [-0.25, -0.2) is 4.98 Å². The van der Waals surface area contributed by atoms with E-state index >= 15 is 0 Å². The van der Waals surface area contributed by atoms with E-state index in [1.54, 1.807) is 24.0 Å². The molecule has 0 atom stereocenters. The molecule has 1 aromatic carbocycles. The zero-order chi connectivity index (χ0) is 13.1. The van der Waals surface area contributed by atoms with Crippen LogP contribution >= 0.6 is 23.4 Å². The number of nitrogens with one attached hydrogen (secondary N) is 1. The number of aromatic nitrogens is 2. The normalized spacial score (nSPS) is 10.6. The van der Waals surface area contributed by atoms with Crippen molar-refractivity contribution in [3.8, 4) is 0 Å². The van der Waals surface area contributed by atoms with Crippen molar-refractivity contribution in [1.29, 1.82) is 5.41 Å². The molecule has 0 saturated carbocycles. The maximum atomic E-state index is 7.35. The lowest BCUT2D eigenvalue weighted by molar-refractivity contribution is 0.790. The minimum absolute atomic E-state index is 0.0280. The van der Waals surface area contributed by atoms with E-state index in [0.717, 1.165) is 16.5 Å². The van der Waals surface area contributed by atoms with E-state index in [0.29, 0.717) is 10.6 Å². The molecule has 0 unspecified atom stereocenters. The van der Waals surface area contributed by atoms with Crippen molar-refractivity contribution in [3.63, 3.8) is 0 Å². The Bertz CT molecular complexity index is 579. The first-order valence-corrected chi connectivity index (χ1v) is 6.67. The predicted octanol–water partition coefficient (Wildman–Crippen LogP) is 2.65. The fourth-order valence-corrected chi connectivity index (χ4v) is 2.73. The maximum Gasteiger partial charge on any atom is 0.167 e. The van der Waals surface area contributed by atoms with Gasteiger partial charge in [0, 0.05) is 35.8 Å². The van der Waals surface area contributed by atoms with E-state index in [1.807, 2.05) is 29.9 Å². The Morgan fingerprint density at radius 1 is 1.56 bits per heavy atom. The number of nitrogen functional groups attached to an aromatic ring is 1. The zero-order valence-electron chi connectivity index (χ0n) is 9.85. The smallest absolute Gasteiger partial charge is 0.167 e. The molecule has 2 aromatic rings. The fraction of sp³-hybridized carbons (Fsp3) is 0.167. The van der Waals surface area contributed by atoms with E-state index in [1.165, 1.54) is 0 Å². The van der Waals surface area contributed by atoms with Crippen molar-refractivity contribution >= 4 is 29.2 Å². The molecule has 6 heteroatoms. The van der Waals surface area contributed by atoms with Crippen LogP contribution < -0.4 is 5.73 Å². The molecule has 0 radical (unpaired) electrons. The molecule has 0 bridgehead atoms. The molecule has 1 aromatic heterocycles. The Labute approximate surface area is 115 Å². The Morgan fingerprint density at radius 2 is 2.33 bits per heavy atom. The minimum atomic E-state index is 0.0280. The Morgan fingerprint density at radius 3 is 2.89 bits per heavy atom. The number of halogens is 1. The first kappa shape index (κ1) is 13.0. The predicted molar refractivity (Wildman–Crippen MR) is 75.2 cm³/mol. The lowest BCUT2D eigenvalue weighted by Gasteiger charge is -2.06. The third-order valence-corrected chi connectivity index (χ3v) is 3.96. The van der Waals surface area contributed by atoms with Gasteiger partial charge in [0.15, 0.2) is 5.16 Å². The monoisotopic (exact) mass is 280 g/mol. The average molecular weight is 281 g/mol. The van der Waals surface area contributed by atoms with Crippen LogP contribution in [-0.4, -0.2) is 15.4 Å². The van der Waals surface area contributed by atoms with Gasteiger partial charge in [0.05, 0.1) is 0 Å². The highest BCUT2D eigenvalue weighted by Crippen LogP contribution is 2.26. The number of benzene rings is 1. The number of hydrogen-bond acceptors (Lipinski definition) is 3. The highest BCUT2D eigenvalue weighted by atomic mass is 35.5. The van der Waals surface area contributed by atoms with Crippen LogP contribution in [0.15, 0.2) is 35.7 Å². The molecule has 94 valence electrons. The number of rotatable bonds is 4. The quantitative estimate of drug-likeness (QED) is 0.514. The molecule has 4 nitrogen and oxygen atoms in total. The minimum Gasteiger partial charge on any atom is -0.384 e. The van der Waals surface area contributed by atoms with Gasteiger partial charge < -0.3 is 10.3 Å². The van der Waals surface area contributed by atoms with Gasteiger partial charge >= 0.3 is 0 Å². The molecule has 0 aliphatic heterocycles. The largest absolute Gasteiger partial charge is 0.384 e. The van der Waals surface area contributed by atoms with Gasteiger partial charge in [-0.3, -0.25) is 5.41 Å². The summed E-state index contributed by atoms with van der Waals surface area (Å²) in [4.78, 5) is 4.24. The van der Waals surface area contributed by atoms with Gasteiger partial charge in [0.25, 0.3) is 0 Å². The van der Waals surface area contributed by atoms with Crippen molar-refractivity contribution in [2.45, 2.75) is 10.9 Å². The van der Waals surface area contributed by atoms with Gasteiger partial charge in [-0.2, -0.15) is 0 Å². The lowest BCUT2D eigenvalue weighted by atomic mass is 10.1. The second-order valence-electron chi connectivity index (χ2n) is 3.83. The van der Waals surface area contributed by atoms with Gasteiger partial charge in [-0.1, -0.05) is 35.5 Å².